The van der Waals surface area contributed by atoms with Gasteiger partial charge in [-0.3, -0.25) is 4.79 Å². The van der Waals surface area contributed by atoms with Crippen molar-refractivity contribution in [3.8, 4) is 5.75 Å². The lowest BCUT2D eigenvalue weighted by Gasteiger charge is -2.13. The van der Waals surface area contributed by atoms with Gasteiger partial charge >= 0.3 is 0 Å². The zero-order valence-electron chi connectivity index (χ0n) is 14.7. The predicted octanol–water partition coefficient (Wildman–Crippen LogP) is 4.93. The molecule has 2 aromatic carbocycles. The van der Waals surface area contributed by atoms with E-state index in [2.05, 4.69) is 0 Å². The highest BCUT2D eigenvalue weighted by Crippen LogP contribution is 2.32. The van der Waals surface area contributed by atoms with Crippen LogP contribution >= 0.6 is 11.6 Å². The summed E-state index contributed by atoms with van der Waals surface area (Å²) in [5.41, 5.74) is 4.22. The van der Waals surface area contributed by atoms with Crippen LogP contribution in [0, 0.1) is 13.8 Å². The number of methoxy groups -OCH3 is 1. The number of ether oxygens (including phenoxy) is 1. The molecule has 0 radical (unpaired) electrons. The Morgan fingerprint density at radius 3 is 2.33 bits per heavy atom. The van der Waals surface area contributed by atoms with E-state index >= 15 is 0 Å². The molecule has 0 saturated heterocycles. The van der Waals surface area contributed by atoms with E-state index in [1.54, 1.807) is 25.3 Å². The Balaban J connectivity index is 2.31. The van der Waals surface area contributed by atoms with E-state index in [1.165, 1.54) is 0 Å². The Morgan fingerprint density at radius 2 is 1.79 bits per heavy atom. The van der Waals surface area contributed by atoms with Gasteiger partial charge in [-0.1, -0.05) is 29.8 Å². The molecular formula is C20H22ClNO2. The number of rotatable bonds is 5. The first-order chi connectivity index (χ1) is 11.3. The van der Waals surface area contributed by atoms with Gasteiger partial charge in [0.15, 0.2) is 5.78 Å². The molecule has 0 aromatic heterocycles. The van der Waals surface area contributed by atoms with Crippen molar-refractivity contribution in [2.75, 3.05) is 26.1 Å². The van der Waals surface area contributed by atoms with E-state index in [-0.39, 0.29) is 5.78 Å². The maximum absolute atomic E-state index is 12.6. The highest BCUT2D eigenvalue weighted by Gasteiger charge is 2.17. The van der Waals surface area contributed by atoms with Gasteiger partial charge in [-0.25, -0.2) is 0 Å². The number of anilines is 1. The van der Waals surface area contributed by atoms with Crippen LogP contribution in [0.25, 0.3) is 6.08 Å². The van der Waals surface area contributed by atoms with E-state index in [0.29, 0.717) is 16.3 Å². The number of allylic oxidation sites excluding steroid dienone is 1. The SMILES string of the molecule is COc1cc(C)c(Cl)c(C)c1C(=O)/C=C/c1ccc(N(C)C)cc1. The standard InChI is InChI=1S/C20H22ClNO2/c1-13-12-18(24-5)19(14(2)20(13)21)17(23)11-8-15-6-9-16(10-7-15)22(3)4/h6-12H,1-5H3/b11-8+. The quantitative estimate of drug-likeness (QED) is 0.569. The summed E-state index contributed by atoms with van der Waals surface area (Å²) in [5, 5.41) is 0.600. The van der Waals surface area contributed by atoms with E-state index in [4.69, 9.17) is 16.3 Å². The van der Waals surface area contributed by atoms with Crippen LogP contribution in [0.5, 0.6) is 5.75 Å². The molecule has 0 spiro atoms. The first kappa shape index (κ1) is 18.1. The average molecular weight is 344 g/mol. The van der Waals surface area contributed by atoms with Crippen molar-refractivity contribution in [1.29, 1.82) is 0 Å². The molecule has 0 bridgehead atoms. The summed E-state index contributed by atoms with van der Waals surface area (Å²) < 4.78 is 5.36. The van der Waals surface area contributed by atoms with Crippen molar-refractivity contribution >= 4 is 29.1 Å². The van der Waals surface area contributed by atoms with Gasteiger partial charge in [-0.05, 0) is 54.8 Å². The van der Waals surface area contributed by atoms with E-state index in [9.17, 15) is 4.79 Å². The Morgan fingerprint density at radius 1 is 1.17 bits per heavy atom. The number of carbonyl (C=O) groups excluding carboxylic acids is 1. The largest absolute Gasteiger partial charge is 0.496 e. The molecule has 0 amide bonds. The lowest BCUT2D eigenvalue weighted by molar-refractivity contribution is 0.104. The van der Waals surface area contributed by atoms with Gasteiger partial charge in [-0.2, -0.15) is 0 Å². The minimum Gasteiger partial charge on any atom is -0.496 e. The summed E-state index contributed by atoms with van der Waals surface area (Å²) in [6, 6.07) is 9.77. The van der Waals surface area contributed by atoms with Crippen LogP contribution in [0.2, 0.25) is 5.02 Å². The molecule has 0 N–H and O–H groups in total. The van der Waals surface area contributed by atoms with Gasteiger partial charge in [0.2, 0.25) is 0 Å². The van der Waals surface area contributed by atoms with Crippen molar-refractivity contribution in [3.63, 3.8) is 0 Å². The minimum atomic E-state index is -0.122. The summed E-state index contributed by atoms with van der Waals surface area (Å²) in [6.45, 7) is 3.74. The summed E-state index contributed by atoms with van der Waals surface area (Å²) in [5.74, 6) is 0.426. The topological polar surface area (TPSA) is 29.5 Å². The van der Waals surface area contributed by atoms with Crippen molar-refractivity contribution < 1.29 is 9.53 Å². The highest BCUT2D eigenvalue weighted by atomic mass is 35.5. The van der Waals surface area contributed by atoms with Crippen LogP contribution in [0.1, 0.15) is 27.0 Å². The van der Waals surface area contributed by atoms with E-state index < -0.39 is 0 Å². The molecule has 0 atom stereocenters. The van der Waals surface area contributed by atoms with Crippen molar-refractivity contribution in [2.45, 2.75) is 13.8 Å². The Hall–Kier alpha value is -2.26. The number of halogens is 1. The second-order valence-electron chi connectivity index (χ2n) is 5.89. The van der Waals surface area contributed by atoms with Gasteiger partial charge in [0.05, 0.1) is 12.7 Å². The van der Waals surface area contributed by atoms with Crippen LogP contribution in [-0.4, -0.2) is 27.0 Å². The molecular weight excluding hydrogens is 322 g/mol. The van der Waals surface area contributed by atoms with E-state index in [1.807, 2.05) is 57.1 Å². The number of hydrogen-bond acceptors (Lipinski definition) is 3. The number of nitrogens with zero attached hydrogens (tertiary/aromatic N) is 1. The zero-order chi connectivity index (χ0) is 17.9. The maximum Gasteiger partial charge on any atom is 0.189 e. The highest BCUT2D eigenvalue weighted by molar-refractivity contribution is 6.33. The number of carbonyl (C=O) groups is 1. The third-order valence-corrected chi connectivity index (χ3v) is 4.53. The van der Waals surface area contributed by atoms with Gasteiger partial charge in [0, 0.05) is 24.8 Å². The summed E-state index contributed by atoms with van der Waals surface area (Å²) in [4.78, 5) is 14.7. The first-order valence-electron chi connectivity index (χ1n) is 7.68. The Kier molecular flexibility index (Phi) is 5.68. The molecule has 2 aromatic rings. The van der Waals surface area contributed by atoms with Crippen LogP contribution in [0.4, 0.5) is 5.69 Å². The number of hydrogen-bond donors (Lipinski definition) is 0. The molecule has 24 heavy (non-hydrogen) atoms. The van der Waals surface area contributed by atoms with Crippen molar-refractivity contribution in [2.24, 2.45) is 0 Å². The molecule has 0 saturated carbocycles. The molecule has 0 aliphatic rings. The number of benzene rings is 2. The number of ketones is 1. The first-order valence-corrected chi connectivity index (χ1v) is 8.06. The molecule has 4 heteroatoms. The molecule has 0 aliphatic carbocycles. The fourth-order valence-corrected chi connectivity index (χ4v) is 2.68. The third kappa shape index (κ3) is 3.80. The molecule has 126 valence electrons. The summed E-state index contributed by atoms with van der Waals surface area (Å²) in [7, 11) is 5.54. The van der Waals surface area contributed by atoms with Gasteiger partial charge in [0.25, 0.3) is 0 Å². The van der Waals surface area contributed by atoms with Gasteiger partial charge in [-0.15, -0.1) is 0 Å². The van der Waals surface area contributed by atoms with E-state index in [0.717, 1.165) is 22.4 Å². The second kappa shape index (κ2) is 7.54. The van der Waals surface area contributed by atoms with Gasteiger partial charge < -0.3 is 9.64 Å². The normalized spacial score (nSPS) is 10.9. The van der Waals surface area contributed by atoms with Crippen molar-refractivity contribution in [1.82, 2.24) is 0 Å². The summed E-state index contributed by atoms with van der Waals surface area (Å²) in [6.07, 6.45) is 3.36. The molecule has 0 aliphatic heterocycles. The molecule has 3 nitrogen and oxygen atoms in total. The van der Waals surface area contributed by atoms with Crippen LogP contribution in [0.3, 0.4) is 0 Å². The number of aryl methyl sites for hydroxylation is 1. The monoisotopic (exact) mass is 343 g/mol. The molecule has 0 fully saturated rings. The Labute approximate surface area is 148 Å². The molecule has 0 heterocycles. The maximum atomic E-state index is 12.6. The Bertz CT molecular complexity index is 777. The minimum absolute atomic E-state index is 0.122. The lowest BCUT2D eigenvalue weighted by atomic mass is 9.99. The fourth-order valence-electron chi connectivity index (χ4n) is 2.53. The molecule has 2 rings (SSSR count). The lowest BCUT2D eigenvalue weighted by Crippen LogP contribution is -2.07. The van der Waals surface area contributed by atoms with Crippen molar-refractivity contribution in [3.05, 3.63) is 63.7 Å². The van der Waals surface area contributed by atoms with Crippen LogP contribution < -0.4 is 9.64 Å². The fraction of sp³-hybridized carbons (Fsp3) is 0.250. The second-order valence-corrected chi connectivity index (χ2v) is 6.27. The smallest absolute Gasteiger partial charge is 0.189 e. The molecule has 0 unspecified atom stereocenters. The summed E-state index contributed by atoms with van der Waals surface area (Å²) >= 11 is 6.28. The van der Waals surface area contributed by atoms with Crippen LogP contribution in [-0.2, 0) is 0 Å². The van der Waals surface area contributed by atoms with Crippen LogP contribution in [0.15, 0.2) is 36.4 Å². The zero-order valence-corrected chi connectivity index (χ0v) is 15.4. The average Bonchev–Trinajstić information content (AvgIpc) is 2.57. The third-order valence-electron chi connectivity index (χ3n) is 3.95. The van der Waals surface area contributed by atoms with Gasteiger partial charge in [0.1, 0.15) is 5.75 Å². The predicted molar refractivity (Wildman–Crippen MR) is 102 cm³/mol.